The second-order valence-electron chi connectivity index (χ2n) is 5.48. The Morgan fingerprint density at radius 2 is 1.81 bits per heavy atom. The average Bonchev–Trinajstić information content (AvgIpc) is 3.18. The van der Waals surface area contributed by atoms with E-state index in [1.165, 1.54) is 48.7 Å². The summed E-state index contributed by atoms with van der Waals surface area (Å²) in [4.78, 5) is 12.2. The molecule has 0 saturated heterocycles. The van der Waals surface area contributed by atoms with E-state index in [-0.39, 0.29) is 27.7 Å². The van der Waals surface area contributed by atoms with Crippen molar-refractivity contribution in [2.75, 3.05) is 5.32 Å². The van der Waals surface area contributed by atoms with Crippen molar-refractivity contribution in [2.24, 2.45) is 0 Å². The van der Waals surface area contributed by atoms with Gasteiger partial charge in [0.15, 0.2) is 5.82 Å². The van der Waals surface area contributed by atoms with Crippen molar-refractivity contribution in [3.8, 4) is 0 Å². The van der Waals surface area contributed by atoms with E-state index in [2.05, 4.69) is 10.0 Å². The summed E-state index contributed by atoms with van der Waals surface area (Å²) in [5.41, 5.74) is 0.101. The quantitative estimate of drug-likeness (QED) is 0.649. The molecule has 0 saturated carbocycles. The van der Waals surface area contributed by atoms with Crippen LogP contribution < -0.4 is 10.0 Å². The van der Waals surface area contributed by atoms with E-state index in [0.717, 1.165) is 0 Å². The first-order chi connectivity index (χ1) is 12.9. The first-order valence-electron chi connectivity index (χ1n) is 7.74. The van der Waals surface area contributed by atoms with Crippen molar-refractivity contribution in [1.82, 2.24) is 4.72 Å². The van der Waals surface area contributed by atoms with Gasteiger partial charge in [-0.25, -0.2) is 17.5 Å². The summed E-state index contributed by atoms with van der Waals surface area (Å²) >= 11 is 5.67. The Kier molecular flexibility index (Phi) is 5.59. The maximum Gasteiger partial charge on any atom is 0.255 e. The molecule has 0 bridgehead atoms. The Balaban J connectivity index is 1.70. The SMILES string of the molecule is O=C(Nc1cccc(Cl)c1F)c1ccc(S(=O)(=O)NCc2ccco2)cc1. The molecule has 0 aliphatic rings. The zero-order valence-electron chi connectivity index (χ0n) is 13.8. The first kappa shape index (κ1) is 19.1. The average molecular weight is 409 g/mol. The number of nitrogens with one attached hydrogen (secondary N) is 2. The van der Waals surface area contributed by atoms with Gasteiger partial charge in [-0.05, 0) is 48.5 Å². The monoisotopic (exact) mass is 408 g/mol. The van der Waals surface area contributed by atoms with Gasteiger partial charge in [0.1, 0.15) is 5.76 Å². The Morgan fingerprint density at radius 3 is 2.48 bits per heavy atom. The Morgan fingerprint density at radius 1 is 1.07 bits per heavy atom. The molecule has 2 N–H and O–H groups in total. The second-order valence-corrected chi connectivity index (χ2v) is 7.66. The Bertz CT molecular complexity index is 1050. The fourth-order valence-electron chi connectivity index (χ4n) is 2.24. The summed E-state index contributed by atoms with van der Waals surface area (Å²) in [6, 6.07) is 12.8. The molecule has 0 spiro atoms. The molecule has 0 aliphatic carbocycles. The van der Waals surface area contributed by atoms with Gasteiger partial charge in [0.05, 0.1) is 28.4 Å². The minimum absolute atomic E-state index is 0.00557. The number of halogens is 2. The van der Waals surface area contributed by atoms with Crippen LogP contribution in [-0.4, -0.2) is 14.3 Å². The summed E-state index contributed by atoms with van der Waals surface area (Å²) in [5.74, 6) is -0.865. The van der Waals surface area contributed by atoms with Crippen LogP contribution in [0.3, 0.4) is 0 Å². The van der Waals surface area contributed by atoms with E-state index < -0.39 is 21.7 Å². The van der Waals surface area contributed by atoms with Gasteiger partial charge in [-0.2, -0.15) is 0 Å². The molecule has 1 amide bonds. The molecular weight excluding hydrogens is 395 g/mol. The predicted molar refractivity (Wildman–Crippen MR) is 98.5 cm³/mol. The molecule has 140 valence electrons. The van der Waals surface area contributed by atoms with Crippen LogP contribution >= 0.6 is 11.6 Å². The summed E-state index contributed by atoms with van der Waals surface area (Å²) in [5, 5.41) is 2.28. The lowest BCUT2D eigenvalue weighted by Gasteiger charge is -2.09. The molecule has 0 fully saturated rings. The lowest BCUT2D eigenvalue weighted by Crippen LogP contribution is -2.23. The zero-order valence-corrected chi connectivity index (χ0v) is 15.4. The second kappa shape index (κ2) is 7.91. The fourth-order valence-corrected chi connectivity index (χ4v) is 3.41. The highest BCUT2D eigenvalue weighted by Gasteiger charge is 2.16. The van der Waals surface area contributed by atoms with Crippen LogP contribution in [0, 0.1) is 5.82 Å². The number of hydrogen-bond donors (Lipinski definition) is 2. The zero-order chi connectivity index (χ0) is 19.4. The lowest BCUT2D eigenvalue weighted by atomic mass is 10.2. The maximum absolute atomic E-state index is 13.9. The van der Waals surface area contributed by atoms with Crippen molar-refractivity contribution in [3.63, 3.8) is 0 Å². The molecule has 27 heavy (non-hydrogen) atoms. The lowest BCUT2D eigenvalue weighted by molar-refractivity contribution is 0.102. The number of rotatable bonds is 6. The number of anilines is 1. The van der Waals surface area contributed by atoms with Gasteiger partial charge < -0.3 is 9.73 Å². The molecule has 3 aromatic rings. The Hall–Kier alpha value is -2.68. The minimum atomic E-state index is -3.77. The van der Waals surface area contributed by atoms with Crippen LogP contribution in [-0.2, 0) is 16.6 Å². The van der Waals surface area contributed by atoms with Gasteiger partial charge in [0.2, 0.25) is 10.0 Å². The van der Waals surface area contributed by atoms with Crippen LogP contribution in [0.2, 0.25) is 5.02 Å². The Labute approximate surface area is 160 Å². The summed E-state index contributed by atoms with van der Waals surface area (Å²) in [7, 11) is -3.77. The van der Waals surface area contributed by atoms with Crippen LogP contribution in [0.15, 0.2) is 70.2 Å². The van der Waals surface area contributed by atoms with Crippen molar-refractivity contribution in [3.05, 3.63) is 83.0 Å². The third kappa shape index (κ3) is 4.54. The molecule has 3 rings (SSSR count). The largest absolute Gasteiger partial charge is 0.468 e. The van der Waals surface area contributed by atoms with Crippen LogP contribution in [0.1, 0.15) is 16.1 Å². The molecule has 0 atom stereocenters. The molecule has 2 aromatic carbocycles. The van der Waals surface area contributed by atoms with Gasteiger partial charge in [0.25, 0.3) is 5.91 Å². The molecule has 0 unspecified atom stereocenters. The van der Waals surface area contributed by atoms with Gasteiger partial charge in [0, 0.05) is 5.56 Å². The van der Waals surface area contributed by atoms with Gasteiger partial charge in [-0.15, -0.1) is 0 Å². The van der Waals surface area contributed by atoms with Crippen molar-refractivity contribution < 1.29 is 22.0 Å². The van der Waals surface area contributed by atoms with Crippen molar-refractivity contribution in [2.45, 2.75) is 11.4 Å². The van der Waals surface area contributed by atoms with E-state index in [0.29, 0.717) is 5.76 Å². The van der Waals surface area contributed by atoms with Crippen LogP contribution in [0.5, 0.6) is 0 Å². The number of amides is 1. The summed E-state index contributed by atoms with van der Waals surface area (Å²) in [6.07, 6.45) is 1.44. The number of carbonyl (C=O) groups excluding carboxylic acids is 1. The molecule has 0 aliphatic heterocycles. The van der Waals surface area contributed by atoms with E-state index in [9.17, 15) is 17.6 Å². The van der Waals surface area contributed by atoms with Gasteiger partial charge in [-0.1, -0.05) is 17.7 Å². The number of hydrogen-bond acceptors (Lipinski definition) is 4. The minimum Gasteiger partial charge on any atom is -0.468 e. The molecule has 0 radical (unpaired) electrons. The predicted octanol–water partition coefficient (Wildman–Crippen LogP) is 3.80. The first-order valence-corrected chi connectivity index (χ1v) is 9.60. The third-order valence-corrected chi connectivity index (χ3v) is 5.35. The van der Waals surface area contributed by atoms with Crippen LogP contribution in [0.4, 0.5) is 10.1 Å². The molecule has 9 heteroatoms. The number of benzene rings is 2. The number of carbonyl (C=O) groups is 1. The van der Waals surface area contributed by atoms with E-state index in [1.807, 2.05) is 0 Å². The highest BCUT2D eigenvalue weighted by Crippen LogP contribution is 2.22. The molecule has 6 nitrogen and oxygen atoms in total. The number of sulfonamides is 1. The van der Waals surface area contributed by atoms with E-state index >= 15 is 0 Å². The maximum atomic E-state index is 13.9. The summed E-state index contributed by atoms with van der Waals surface area (Å²) in [6.45, 7) is 0.00557. The normalized spacial score (nSPS) is 11.3. The highest BCUT2D eigenvalue weighted by atomic mass is 35.5. The van der Waals surface area contributed by atoms with E-state index in [1.54, 1.807) is 12.1 Å². The fraction of sp³-hybridized carbons (Fsp3) is 0.0556. The van der Waals surface area contributed by atoms with E-state index in [4.69, 9.17) is 16.0 Å². The molecular formula is C18H14ClFN2O4S. The molecule has 1 heterocycles. The topological polar surface area (TPSA) is 88.4 Å². The number of furan rings is 1. The highest BCUT2D eigenvalue weighted by molar-refractivity contribution is 7.89. The van der Waals surface area contributed by atoms with Crippen molar-refractivity contribution in [1.29, 1.82) is 0 Å². The molecule has 1 aromatic heterocycles. The standard InChI is InChI=1S/C18H14ClFN2O4S/c19-15-4-1-5-16(17(15)20)22-18(23)12-6-8-14(9-7-12)27(24,25)21-11-13-3-2-10-26-13/h1-10,21H,11H2,(H,22,23). The van der Waals surface area contributed by atoms with Crippen LogP contribution in [0.25, 0.3) is 0 Å². The third-order valence-electron chi connectivity index (χ3n) is 3.64. The smallest absolute Gasteiger partial charge is 0.255 e. The van der Waals surface area contributed by atoms with Gasteiger partial charge >= 0.3 is 0 Å². The van der Waals surface area contributed by atoms with Crippen molar-refractivity contribution >= 4 is 33.2 Å². The van der Waals surface area contributed by atoms with Gasteiger partial charge in [-0.3, -0.25) is 4.79 Å². The summed E-state index contributed by atoms with van der Waals surface area (Å²) < 4.78 is 45.8.